The summed E-state index contributed by atoms with van der Waals surface area (Å²) in [6.07, 6.45) is 1.63. The molecule has 1 fully saturated rings. The van der Waals surface area contributed by atoms with Crippen LogP contribution in [0.1, 0.15) is 12.0 Å². The maximum atomic E-state index is 13.1. The second-order valence-corrected chi connectivity index (χ2v) is 7.04. The quantitative estimate of drug-likeness (QED) is 0.868. The molecule has 6 heteroatoms. The van der Waals surface area contributed by atoms with Crippen molar-refractivity contribution in [1.82, 2.24) is 9.80 Å². The van der Waals surface area contributed by atoms with Crippen molar-refractivity contribution in [2.24, 2.45) is 0 Å². The zero-order valence-electron chi connectivity index (χ0n) is 12.7. The third-order valence-electron chi connectivity index (χ3n) is 4.74. The van der Waals surface area contributed by atoms with Gasteiger partial charge >= 0.3 is 0 Å². The molecular weight excluding hydrogens is 349 g/mol. The number of nitrogens with one attached hydrogen (secondary N) is 1. The number of rotatable bonds is 2. The molecule has 2 aliphatic heterocycles. The monoisotopic (exact) mass is 369 g/mol. The van der Waals surface area contributed by atoms with E-state index in [2.05, 4.69) is 32.2 Å². The number of nitrogens with zero attached hydrogens (tertiary/aromatic N) is 2. The first-order valence-electron chi connectivity index (χ1n) is 7.68. The summed E-state index contributed by atoms with van der Waals surface area (Å²) >= 11 is 3.48. The molecule has 4 nitrogen and oxygen atoms in total. The van der Waals surface area contributed by atoms with Gasteiger partial charge < -0.3 is 5.32 Å². The van der Waals surface area contributed by atoms with Crippen LogP contribution in [0.5, 0.6) is 0 Å². The van der Waals surface area contributed by atoms with Crippen LogP contribution >= 0.6 is 15.9 Å². The van der Waals surface area contributed by atoms with Gasteiger partial charge in [0, 0.05) is 29.8 Å². The number of aryl methyl sites for hydroxylation is 1. The molecule has 0 aliphatic carbocycles. The summed E-state index contributed by atoms with van der Waals surface area (Å²) in [6.45, 7) is 1.86. The predicted molar refractivity (Wildman–Crippen MR) is 88.8 cm³/mol. The summed E-state index contributed by atoms with van der Waals surface area (Å²) in [4.78, 5) is 16.7. The lowest BCUT2D eigenvalue weighted by Crippen LogP contribution is -2.57. The maximum absolute atomic E-state index is 13.1. The van der Waals surface area contributed by atoms with E-state index in [0.29, 0.717) is 6.54 Å². The molecule has 2 aliphatic rings. The van der Waals surface area contributed by atoms with Gasteiger partial charge in [0.1, 0.15) is 6.67 Å². The van der Waals surface area contributed by atoms with Crippen molar-refractivity contribution < 1.29 is 9.18 Å². The molecule has 1 N–H and O–H groups in total. The Balaban J connectivity index is 1.75. The molecule has 0 bridgehead atoms. The molecule has 1 aromatic carbocycles. The highest BCUT2D eigenvalue weighted by atomic mass is 79.9. The SMILES string of the molecule is CN1CCN(C2CCc3cc(Br)ccc3NC2=O)CC1CF. The predicted octanol–water partition coefficient (Wildman–Crippen LogP) is 2.29. The van der Waals surface area contributed by atoms with E-state index in [0.717, 1.165) is 41.7 Å². The van der Waals surface area contributed by atoms with Crippen LogP contribution in [0.2, 0.25) is 0 Å². The Labute approximate surface area is 138 Å². The first-order chi connectivity index (χ1) is 10.6. The zero-order chi connectivity index (χ0) is 15.7. The van der Waals surface area contributed by atoms with E-state index in [-0.39, 0.29) is 24.7 Å². The minimum Gasteiger partial charge on any atom is -0.324 e. The van der Waals surface area contributed by atoms with E-state index < -0.39 is 0 Å². The van der Waals surface area contributed by atoms with Gasteiger partial charge in [-0.25, -0.2) is 4.39 Å². The molecule has 0 saturated carbocycles. The Hall–Kier alpha value is -0.980. The number of hydrogen-bond donors (Lipinski definition) is 1. The van der Waals surface area contributed by atoms with Crippen LogP contribution in [0.15, 0.2) is 22.7 Å². The third kappa shape index (κ3) is 3.19. The van der Waals surface area contributed by atoms with Gasteiger partial charge in [-0.15, -0.1) is 0 Å². The zero-order valence-corrected chi connectivity index (χ0v) is 14.3. The fraction of sp³-hybridized carbons (Fsp3) is 0.562. The van der Waals surface area contributed by atoms with Crippen molar-refractivity contribution in [3.05, 3.63) is 28.2 Å². The van der Waals surface area contributed by atoms with Gasteiger partial charge in [0.2, 0.25) is 5.91 Å². The van der Waals surface area contributed by atoms with Gasteiger partial charge in [0.05, 0.1) is 12.1 Å². The van der Waals surface area contributed by atoms with Crippen LogP contribution in [-0.4, -0.2) is 61.1 Å². The first-order valence-corrected chi connectivity index (χ1v) is 8.47. The number of piperazine rings is 1. The number of fused-ring (bicyclic) bond motifs is 1. The van der Waals surface area contributed by atoms with Gasteiger partial charge in [-0.1, -0.05) is 15.9 Å². The normalized spacial score (nSPS) is 27.1. The van der Waals surface area contributed by atoms with Crippen molar-refractivity contribution in [3.8, 4) is 0 Å². The van der Waals surface area contributed by atoms with Crippen LogP contribution in [0, 0.1) is 0 Å². The van der Waals surface area contributed by atoms with Crippen LogP contribution < -0.4 is 5.32 Å². The Bertz CT molecular complexity index is 568. The lowest BCUT2D eigenvalue weighted by molar-refractivity contribution is -0.122. The molecule has 2 atom stereocenters. The van der Waals surface area contributed by atoms with E-state index in [9.17, 15) is 9.18 Å². The molecule has 1 saturated heterocycles. The van der Waals surface area contributed by atoms with Crippen molar-refractivity contribution >= 4 is 27.5 Å². The lowest BCUT2D eigenvalue weighted by atomic mass is 10.0. The highest BCUT2D eigenvalue weighted by molar-refractivity contribution is 9.10. The summed E-state index contributed by atoms with van der Waals surface area (Å²) in [6, 6.07) is 5.66. The van der Waals surface area contributed by atoms with Gasteiger partial charge in [-0.3, -0.25) is 14.6 Å². The lowest BCUT2D eigenvalue weighted by Gasteiger charge is -2.41. The highest BCUT2D eigenvalue weighted by Gasteiger charge is 2.34. The number of amides is 1. The highest BCUT2D eigenvalue weighted by Crippen LogP contribution is 2.27. The fourth-order valence-corrected chi connectivity index (χ4v) is 3.71. The number of carbonyl (C=O) groups excluding carboxylic acids is 1. The summed E-state index contributed by atoms with van der Waals surface area (Å²) in [7, 11) is 1.95. The molecule has 1 amide bonds. The smallest absolute Gasteiger partial charge is 0.241 e. The Morgan fingerprint density at radius 1 is 1.41 bits per heavy atom. The number of alkyl halides is 1. The third-order valence-corrected chi connectivity index (χ3v) is 5.24. The average Bonchev–Trinajstić information content (AvgIpc) is 2.66. The number of likely N-dealkylation sites (N-methyl/N-ethyl adjacent to an activating group) is 1. The van der Waals surface area contributed by atoms with E-state index in [1.807, 2.05) is 24.1 Å². The number of halogens is 2. The molecule has 22 heavy (non-hydrogen) atoms. The maximum Gasteiger partial charge on any atom is 0.241 e. The molecule has 3 rings (SSSR count). The minimum atomic E-state index is -0.367. The molecule has 120 valence electrons. The van der Waals surface area contributed by atoms with E-state index in [4.69, 9.17) is 0 Å². The minimum absolute atomic E-state index is 0.0308. The summed E-state index contributed by atoms with van der Waals surface area (Å²) < 4.78 is 14.2. The molecule has 0 aromatic heterocycles. The van der Waals surface area contributed by atoms with E-state index in [1.165, 1.54) is 0 Å². The van der Waals surface area contributed by atoms with E-state index >= 15 is 0 Å². The van der Waals surface area contributed by atoms with Crippen LogP contribution in [0.4, 0.5) is 10.1 Å². The second kappa shape index (κ2) is 6.64. The number of benzene rings is 1. The number of hydrogen-bond acceptors (Lipinski definition) is 3. The van der Waals surface area contributed by atoms with Crippen molar-refractivity contribution in [2.45, 2.75) is 24.9 Å². The summed E-state index contributed by atoms with van der Waals surface area (Å²) in [5.74, 6) is 0.0308. The van der Waals surface area contributed by atoms with Crippen molar-refractivity contribution in [3.63, 3.8) is 0 Å². The van der Waals surface area contributed by atoms with Gasteiger partial charge in [-0.2, -0.15) is 0 Å². The molecule has 2 unspecified atom stereocenters. The van der Waals surface area contributed by atoms with Crippen molar-refractivity contribution in [2.75, 3.05) is 38.7 Å². The van der Waals surface area contributed by atoms with Gasteiger partial charge in [-0.05, 0) is 43.7 Å². The summed E-state index contributed by atoms with van der Waals surface area (Å²) in [5.41, 5.74) is 2.05. The standard InChI is InChI=1S/C16H21BrFN3O/c1-20-6-7-21(10-13(20)9-18)15-5-2-11-8-12(17)3-4-14(11)19-16(15)22/h3-4,8,13,15H,2,5-7,9-10H2,1H3,(H,19,22). The van der Waals surface area contributed by atoms with Crippen molar-refractivity contribution in [1.29, 1.82) is 0 Å². The molecule has 0 spiro atoms. The van der Waals surface area contributed by atoms with Gasteiger partial charge in [0.15, 0.2) is 0 Å². The van der Waals surface area contributed by atoms with Crippen LogP contribution in [0.3, 0.4) is 0 Å². The summed E-state index contributed by atoms with van der Waals surface area (Å²) in [5, 5.41) is 3.03. The molecule has 0 radical (unpaired) electrons. The first kappa shape index (κ1) is 15.9. The van der Waals surface area contributed by atoms with Gasteiger partial charge in [0.25, 0.3) is 0 Å². The Kier molecular flexibility index (Phi) is 4.80. The van der Waals surface area contributed by atoms with Crippen LogP contribution in [-0.2, 0) is 11.2 Å². The number of carbonyl (C=O) groups is 1. The topological polar surface area (TPSA) is 35.6 Å². The Morgan fingerprint density at radius 3 is 3.00 bits per heavy atom. The van der Waals surface area contributed by atoms with E-state index in [1.54, 1.807) is 0 Å². The molecule has 1 aromatic rings. The average molecular weight is 370 g/mol. The second-order valence-electron chi connectivity index (χ2n) is 6.13. The van der Waals surface area contributed by atoms with Crippen LogP contribution in [0.25, 0.3) is 0 Å². The fourth-order valence-electron chi connectivity index (χ4n) is 3.30. The number of anilines is 1. The Morgan fingerprint density at radius 2 is 2.23 bits per heavy atom. The molecule has 2 heterocycles. The molecular formula is C16H21BrFN3O. The largest absolute Gasteiger partial charge is 0.324 e.